The highest BCUT2D eigenvalue weighted by Gasteiger charge is 2.07. The molecule has 0 unspecified atom stereocenters. The molecule has 0 saturated heterocycles. The van der Waals surface area contributed by atoms with Gasteiger partial charge in [-0.3, -0.25) is 4.79 Å². The third-order valence-electron chi connectivity index (χ3n) is 1.85. The van der Waals surface area contributed by atoms with Gasteiger partial charge >= 0.3 is 0 Å². The zero-order valence-corrected chi connectivity index (χ0v) is 10.9. The first-order valence-electron chi connectivity index (χ1n) is 4.24. The highest BCUT2D eigenvalue weighted by molar-refractivity contribution is 9.10. The van der Waals surface area contributed by atoms with Crippen LogP contribution < -0.4 is 5.32 Å². The van der Waals surface area contributed by atoms with E-state index in [-0.39, 0.29) is 11.9 Å². The summed E-state index contributed by atoms with van der Waals surface area (Å²) in [6.45, 7) is 1.96. The van der Waals surface area contributed by atoms with Crippen molar-refractivity contribution in [2.75, 3.05) is 5.33 Å². The molecule has 1 amide bonds. The number of hydrogen-bond acceptors (Lipinski definition) is 1. The molecule has 14 heavy (non-hydrogen) atoms. The fourth-order valence-electron chi connectivity index (χ4n) is 1.14. The van der Waals surface area contributed by atoms with Gasteiger partial charge in [0.05, 0.1) is 11.4 Å². The number of halogens is 2. The van der Waals surface area contributed by atoms with E-state index in [0.717, 1.165) is 10.0 Å². The van der Waals surface area contributed by atoms with Crippen LogP contribution in [0.2, 0.25) is 0 Å². The second-order valence-electron chi connectivity index (χ2n) is 2.98. The van der Waals surface area contributed by atoms with Crippen LogP contribution in [0.15, 0.2) is 28.7 Å². The standard InChI is InChI=1S/C10H11Br2NO/c1-7(13-10(14)6-11)8-3-2-4-9(12)5-8/h2-5,7H,6H2,1H3,(H,13,14)/t7-/m0/s1. The van der Waals surface area contributed by atoms with Crippen LogP contribution in [0.25, 0.3) is 0 Å². The number of carbonyl (C=O) groups excluding carboxylic acids is 1. The number of amides is 1. The molecule has 0 saturated carbocycles. The SMILES string of the molecule is C[C@H](NC(=O)CBr)c1cccc(Br)c1. The van der Waals surface area contributed by atoms with Crippen LogP contribution in [0.3, 0.4) is 0 Å². The van der Waals surface area contributed by atoms with Crippen LogP contribution in [0, 0.1) is 0 Å². The summed E-state index contributed by atoms with van der Waals surface area (Å²) in [6, 6.07) is 7.94. The van der Waals surface area contributed by atoms with E-state index in [1.807, 2.05) is 31.2 Å². The molecule has 76 valence electrons. The molecule has 0 bridgehead atoms. The van der Waals surface area contributed by atoms with Gasteiger partial charge in [-0.05, 0) is 24.6 Å². The molecule has 1 aromatic rings. The molecule has 2 nitrogen and oxygen atoms in total. The topological polar surface area (TPSA) is 29.1 Å². The van der Waals surface area contributed by atoms with Crippen molar-refractivity contribution >= 4 is 37.8 Å². The Balaban J connectivity index is 2.69. The Morgan fingerprint density at radius 3 is 2.86 bits per heavy atom. The zero-order chi connectivity index (χ0) is 10.6. The van der Waals surface area contributed by atoms with Gasteiger partial charge in [0.15, 0.2) is 0 Å². The molecule has 0 aliphatic rings. The second kappa shape index (κ2) is 5.51. The minimum absolute atomic E-state index is 0.00234. The Labute approximate surface area is 100 Å². The van der Waals surface area contributed by atoms with Crippen molar-refractivity contribution in [3.8, 4) is 0 Å². The van der Waals surface area contributed by atoms with E-state index in [2.05, 4.69) is 37.2 Å². The van der Waals surface area contributed by atoms with Crippen LogP contribution in [0.1, 0.15) is 18.5 Å². The van der Waals surface area contributed by atoms with E-state index >= 15 is 0 Å². The first-order chi connectivity index (χ1) is 6.63. The fraction of sp³-hybridized carbons (Fsp3) is 0.300. The van der Waals surface area contributed by atoms with Crippen LogP contribution in [0.4, 0.5) is 0 Å². The van der Waals surface area contributed by atoms with Gasteiger partial charge in [0.1, 0.15) is 0 Å². The maximum absolute atomic E-state index is 11.1. The molecule has 1 aromatic carbocycles. The van der Waals surface area contributed by atoms with Crippen LogP contribution in [-0.4, -0.2) is 11.2 Å². The highest BCUT2D eigenvalue weighted by atomic mass is 79.9. The van der Waals surface area contributed by atoms with Gasteiger partial charge in [0.2, 0.25) is 5.91 Å². The number of carbonyl (C=O) groups is 1. The number of benzene rings is 1. The number of nitrogens with one attached hydrogen (secondary N) is 1. The first-order valence-corrected chi connectivity index (χ1v) is 6.15. The molecule has 1 atom stereocenters. The quantitative estimate of drug-likeness (QED) is 0.852. The molecule has 0 spiro atoms. The maximum Gasteiger partial charge on any atom is 0.231 e. The first kappa shape index (κ1) is 11.7. The van der Waals surface area contributed by atoms with Crippen LogP contribution >= 0.6 is 31.9 Å². The van der Waals surface area contributed by atoms with Gasteiger partial charge in [0, 0.05) is 4.47 Å². The van der Waals surface area contributed by atoms with E-state index in [1.54, 1.807) is 0 Å². The lowest BCUT2D eigenvalue weighted by molar-refractivity contribution is -0.119. The Morgan fingerprint density at radius 2 is 2.29 bits per heavy atom. The summed E-state index contributed by atoms with van der Waals surface area (Å²) >= 11 is 6.50. The molecule has 1 N–H and O–H groups in total. The van der Waals surface area contributed by atoms with Gasteiger partial charge in [-0.25, -0.2) is 0 Å². The van der Waals surface area contributed by atoms with Crippen molar-refractivity contribution in [3.63, 3.8) is 0 Å². The molecule has 0 radical (unpaired) electrons. The van der Waals surface area contributed by atoms with Crippen molar-refractivity contribution in [3.05, 3.63) is 34.3 Å². The summed E-state index contributed by atoms with van der Waals surface area (Å²) in [4.78, 5) is 11.1. The lowest BCUT2D eigenvalue weighted by atomic mass is 10.1. The molecule has 1 rings (SSSR count). The van der Waals surface area contributed by atoms with E-state index in [9.17, 15) is 4.79 Å². The molecule has 0 heterocycles. The lowest BCUT2D eigenvalue weighted by Gasteiger charge is -2.13. The number of alkyl halides is 1. The van der Waals surface area contributed by atoms with Crippen molar-refractivity contribution in [1.82, 2.24) is 5.32 Å². The highest BCUT2D eigenvalue weighted by Crippen LogP contribution is 2.17. The van der Waals surface area contributed by atoms with Crippen molar-refractivity contribution < 1.29 is 4.79 Å². The van der Waals surface area contributed by atoms with Crippen LogP contribution in [0.5, 0.6) is 0 Å². The second-order valence-corrected chi connectivity index (χ2v) is 4.45. The molecular formula is C10H11Br2NO. The summed E-state index contributed by atoms with van der Waals surface area (Å²) in [5.74, 6) is -0.00234. The summed E-state index contributed by atoms with van der Waals surface area (Å²) in [6.07, 6.45) is 0. The van der Waals surface area contributed by atoms with Gasteiger partial charge in [-0.2, -0.15) is 0 Å². The average molecular weight is 321 g/mol. The monoisotopic (exact) mass is 319 g/mol. The smallest absolute Gasteiger partial charge is 0.231 e. The third kappa shape index (κ3) is 3.42. The molecule has 0 aliphatic carbocycles. The summed E-state index contributed by atoms with van der Waals surface area (Å²) in [7, 11) is 0. The molecule has 0 aliphatic heterocycles. The number of rotatable bonds is 3. The van der Waals surface area contributed by atoms with Gasteiger partial charge in [-0.1, -0.05) is 44.0 Å². The Morgan fingerprint density at radius 1 is 1.57 bits per heavy atom. The minimum atomic E-state index is -0.00234. The average Bonchev–Trinajstić information content (AvgIpc) is 2.17. The predicted octanol–water partition coefficient (Wildman–Crippen LogP) is 3.02. The molecule has 0 aromatic heterocycles. The largest absolute Gasteiger partial charge is 0.349 e. The lowest BCUT2D eigenvalue weighted by Crippen LogP contribution is -2.27. The zero-order valence-electron chi connectivity index (χ0n) is 7.76. The molecule has 0 fully saturated rings. The summed E-state index contributed by atoms with van der Waals surface area (Å²) in [5.41, 5.74) is 1.09. The summed E-state index contributed by atoms with van der Waals surface area (Å²) < 4.78 is 1.02. The third-order valence-corrected chi connectivity index (χ3v) is 2.85. The number of hydrogen-bond donors (Lipinski definition) is 1. The Kier molecular flexibility index (Phi) is 4.62. The molecular weight excluding hydrogens is 310 g/mol. The van der Waals surface area contributed by atoms with Gasteiger partial charge in [0.25, 0.3) is 0 Å². The molecule has 4 heteroatoms. The van der Waals surface area contributed by atoms with Crippen LogP contribution in [-0.2, 0) is 4.79 Å². The van der Waals surface area contributed by atoms with Crippen molar-refractivity contribution in [2.45, 2.75) is 13.0 Å². The maximum atomic E-state index is 11.1. The minimum Gasteiger partial charge on any atom is -0.349 e. The Hall–Kier alpha value is -0.350. The summed E-state index contributed by atoms with van der Waals surface area (Å²) in [5, 5.41) is 3.21. The fourth-order valence-corrected chi connectivity index (χ4v) is 1.72. The normalized spacial score (nSPS) is 12.2. The van der Waals surface area contributed by atoms with E-state index < -0.39 is 0 Å². The van der Waals surface area contributed by atoms with E-state index in [4.69, 9.17) is 0 Å². The van der Waals surface area contributed by atoms with E-state index in [1.165, 1.54) is 0 Å². The van der Waals surface area contributed by atoms with Crippen molar-refractivity contribution in [2.24, 2.45) is 0 Å². The Bertz CT molecular complexity index is 328. The van der Waals surface area contributed by atoms with Gasteiger partial charge in [-0.15, -0.1) is 0 Å². The predicted molar refractivity (Wildman–Crippen MR) is 64.5 cm³/mol. The van der Waals surface area contributed by atoms with E-state index in [0.29, 0.717) is 5.33 Å². The van der Waals surface area contributed by atoms with Crippen molar-refractivity contribution in [1.29, 1.82) is 0 Å². The van der Waals surface area contributed by atoms with Gasteiger partial charge < -0.3 is 5.32 Å².